The van der Waals surface area contributed by atoms with E-state index >= 15 is 0 Å². The first-order valence-corrected chi connectivity index (χ1v) is 5.63. The number of carbonyl (C=O) groups is 1. The topological polar surface area (TPSA) is 17.1 Å². The van der Waals surface area contributed by atoms with E-state index < -0.39 is 11.6 Å². The summed E-state index contributed by atoms with van der Waals surface area (Å²) in [6.07, 6.45) is 3.72. The van der Waals surface area contributed by atoms with Crippen LogP contribution in [-0.2, 0) is 4.79 Å². The summed E-state index contributed by atoms with van der Waals surface area (Å²) in [5.41, 5.74) is 0.618. The van der Waals surface area contributed by atoms with Gasteiger partial charge in [0.25, 0.3) is 0 Å². The molecule has 1 aliphatic carbocycles. The van der Waals surface area contributed by atoms with E-state index in [1.807, 2.05) is 0 Å². The van der Waals surface area contributed by atoms with Crippen molar-refractivity contribution < 1.29 is 13.6 Å². The van der Waals surface area contributed by atoms with E-state index in [4.69, 9.17) is 0 Å². The van der Waals surface area contributed by atoms with Crippen LogP contribution >= 0.6 is 0 Å². The molecule has 0 bridgehead atoms. The van der Waals surface area contributed by atoms with Crippen LogP contribution in [0.1, 0.15) is 43.6 Å². The molecule has 16 heavy (non-hydrogen) atoms. The summed E-state index contributed by atoms with van der Waals surface area (Å²) in [4.78, 5) is 11.4. The molecular formula is C13H14F2O. The van der Waals surface area contributed by atoms with Crippen molar-refractivity contribution >= 4 is 5.78 Å². The lowest BCUT2D eigenvalue weighted by atomic mass is 9.91. The minimum atomic E-state index is -0.563. The summed E-state index contributed by atoms with van der Waals surface area (Å²) < 4.78 is 26.1. The van der Waals surface area contributed by atoms with E-state index in [-0.39, 0.29) is 11.7 Å². The van der Waals surface area contributed by atoms with Gasteiger partial charge in [-0.2, -0.15) is 0 Å². The SMILES string of the molecule is O=C1CCCCC(c2cc(F)cc(F)c2)C1. The van der Waals surface area contributed by atoms with Gasteiger partial charge in [-0.3, -0.25) is 4.79 Å². The summed E-state index contributed by atoms with van der Waals surface area (Å²) in [6, 6.07) is 3.54. The third-order valence-electron chi connectivity index (χ3n) is 3.09. The van der Waals surface area contributed by atoms with Crippen molar-refractivity contribution in [3.05, 3.63) is 35.4 Å². The summed E-state index contributed by atoms with van der Waals surface area (Å²) in [6.45, 7) is 0. The Morgan fingerprint density at radius 2 is 1.75 bits per heavy atom. The number of hydrogen-bond donors (Lipinski definition) is 0. The maximum Gasteiger partial charge on any atom is 0.133 e. The second-order valence-electron chi connectivity index (χ2n) is 4.39. The van der Waals surface area contributed by atoms with E-state index in [9.17, 15) is 13.6 Å². The van der Waals surface area contributed by atoms with Gasteiger partial charge in [-0.15, -0.1) is 0 Å². The van der Waals surface area contributed by atoms with Gasteiger partial charge in [-0.05, 0) is 36.5 Å². The molecule has 1 aromatic carbocycles. The summed E-state index contributed by atoms with van der Waals surface area (Å²) in [7, 11) is 0. The first kappa shape index (κ1) is 11.2. The number of hydrogen-bond acceptors (Lipinski definition) is 1. The number of ketones is 1. The molecule has 2 rings (SSSR count). The zero-order valence-electron chi connectivity index (χ0n) is 9.01. The van der Waals surface area contributed by atoms with E-state index in [1.165, 1.54) is 12.1 Å². The molecule has 3 heteroatoms. The fourth-order valence-corrected chi connectivity index (χ4v) is 2.29. The van der Waals surface area contributed by atoms with Crippen molar-refractivity contribution in [1.82, 2.24) is 0 Å². The molecule has 0 spiro atoms. The van der Waals surface area contributed by atoms with Crippen LogP contribution < -0.4 is 0 Å². The third kappa shape index (κ3) is 2.65. The Kier molecular flexibility index (Phi) is 3.32. The minimum Gasteiger partial charge on any atom is -0.300 e. The Morgan fingerprint density at radius 1 is 1.06 bits per heavy atom. The van der Waals surface area contributed by atoms with Crippen LogP contribution in [0.3, 0.4) is 0 Å². The molecule has 1 saturated carbocycles. The molecule has 1 aromatic rings. The number of rotatable bonds is 1. The Bertz CT molecular complexity index is 381. The maximum atomic E-state index is 13.1. The Hall–Kier alpha value is -1.25. The zero-order chi connectivity index (χ0) is 11.5. The number of carbonyl (C=O) groups excluding carboxylic acids is 1. The van der Waals surface area contributed by atoms with Gasteiger partial charge in [0.15, 0.2) is 0 Å². The molecular weight excluding hydrogens is 210 g/mol. The Morgan fingerprint density at radius 3 is 2.44 bits per heavy atom. The van der Waals surface area contributed by atoms with Crippen LogP contribution in [0.5, 0.6) is 0 Å². The summed E-state index contributed by atoms with van der Waals surface area (Å²) >= 11 is 0. The lowest BCUT2D eigenvalue weighted by Gasteiger charge is -2.13. The van der Waals surface area contributed by atoms with Crippen molar-refractivity contribution in [3.63, 3.8) is 0 Å². The van der Waals surface area contributed by atoms with Gasteiger partial charge in [-0.25, -0.2) is 8.78 Å². The molecule has 1 atom stereocenters. The number of Topliss-reactive ketones (excluding diaryl/α,β-unsaturated/α-hetero) is 1. The predicted molar refractivity (Wildman–Crippen MR) is 57.2 cm³/mol. The molecule has 0 saturated heterocycles. The Balaban J connectivity index is 2.24. The highest BCUT2D eigenvalue weighted by Crippen LogP contribution is 2.30. The highest BCUT2D eigenvalue weighted by Gasteiger charge is 2.20. The predicted octanol–water partition coefficient (Wildman–Crippen LogP) is 3.58. The largest absolute Gasteiger partial charge is 0.300 e. The first-order chi connectivity index (χ1) is 7.65. The highest BCUT2D eigenvalue weighted by molar-refractivity contribution is 5.79. The van der Waals surface area contributed by atoms with Crippen LogP contribution in [0.15, 0.2) is 18.2 Å². The molecule has 0 aliphatic heterocycles. The molecule has 86 valence electrons. The van der Waals surface area contributed by atoms with Crippen LogP contribution in [0.2, 0.25) is 0 Å². The Labute approximate surface area is 93.5 Å². The second-order valence-corrected chi connectivity index (χ2v) is 4.39. The van der Waals surface area contributed by atoms with E-state index in [2.05, 4.69) is 0 Å². The molecule has 0 radical (unpaired) electrons. The van der Waals surface area contributed by atoms with Crippen LogP contribution in [0.4, 0.5) is 8.78 Å². The van der Waals surface area contributed by atoms with E-state index in [0.29, 0.717) is 18.4 Å². The molecule has 1 unspecified atom stereocenters. The molecule has 1 nitrogen and oxygen atoms in total. The number of benzene rings is 1. The summed E-state index contributed by atoms with van der Waals surface area (Å²) in [5, 5.41) is 0. The smallest absolute Gasteiger partial charge is 0.133 e. The number of halogens is 2. The van der Waals surface area contributed by atoms with E-state index in [1.54, 1.807) is 0 Å². The molecule has 1 fully saturated rings. The van der Waals surface area contributed by atoms with Gasteiger partial charge in [-0.1, -0.05) is 6.42 Å². The lowest BCUT2D eigenvalue weighted by Crippen LogP contribution is -2.04. The average molecular weight is 224 g/mol. The molecule has 0 N–H and O–H groups in total. The fraction of sp³-hybridized carbons (Fsp3) is 0.462. The fourth-order valence-electron chi connectivity index (χ4n) is 2.29. The zero-order valence-corrected chi connectivity index (χ0v) is 9.01. The maximum absolute atomic E-state index is 13.1. The molecule has 0 heterocycles. The van der Waals surface area contributed by atoms with Crippen LogP contribution in [0.25, 0.3) is 0 Å². The second kappa shape index (κ2) is 4.73. The van der Waals surface area contributed by atoms with Crippen molar-refractivity contribution in [1.29, 1.82) is 0 Å². The minimum absolute atomic E-state index is 0.0137. The molecule has 0 aromatic heterocycles. The normalized spacial score (nSPS) is 21.9. The van der Waals surface area contributed by atoms with Gasteiger partial charge in [0.1, 0.15) is 17.4 Å². The van der Waals surface area contributed by atoms with Gasteiger partial charge in [0.2, 0.25) is 0 Å². The monoisotopic (exact) mass is 224 g/mol. The molecule has 1 aliphatic rings. The van der Waals surface area contributed by atoms with Gasteiger partial charge in [0.05, 0.1) is 0 Å². The van der Waals surface area contributed by atoms with Gasteiger partial charge in [0, 0.05) is 18.9 Å². The van der Waals surface area contributed by atoms with Gasteiger partial charge >= 0.3 is 0 Å². The average Bonchev–Trinajstić information content (AvgIpc) is 2.41. The third-order valence-corrected chi connectivity index (χ3v) is 3.09. The van der Waals surface area contributed by atoms with Crippen LogP contribution in [-0.4, -0.2) is 5.78 Å². The first-order valence-electron chi connectivity index (χ1n) is 5.63. The standard InChI is InChI=1S/C13H14F2O/c14-11-5-10(6-12(15)8-11)9-3-1-2-4-13(16)7-9/h5-6,8-9H,1-4,7H2. The van der Waals surface area contributed by atoms with Crippen molar-refractivity contribution in [2.75, 3.05) is 0 Å². The van der Waals surface area contributed by atoms with Crippen molar-refractivity contribution in [3.8, 4) is 0 Å². The van der Waals surface area contributed by atoms with Crippen LogP contribution in [0, 0.1) is 11.6 Å². The van der Waals surface area contributed by atoms with Crippen molar-refractivity contribution in [2.24, 2.45) is 0 Å². The highest BCUT2D eigenvalue weighted by atomic mass is 19.1. The molecule has 0 amide bonds. The van der Waals surface area contributed by atoms with Gasteiger partial charge < -0.3 is 0 Å². The quantitative estimate of drug-likeness (QED) is 0.666. The van der Waals surface area contributed by atoms with Crippen molar-refractivity contribution in [2.45, 2.75) is 38.0 Å². The van der Waals surface area contributed by atoms with E-state index in [0.717, 1.165) is 25.3 Å². The summed E-state index contributed by atoms with van der Waals surface area (Å²) in [5.74, 6) is -0.939. The lowest BCUT2D eigenvalue weighted by molar-refractivity contribution is -0.119.